The Labute approximate surface area is 199 Å². The summed E-state index contributed by atoms with van der Waals surface area (Å²) in [5.41, 5.74) is 0.412. The highest BCUT2D eigenvalue weighted by Gasteiger charge is 2.53. The molecule has 1 aliphatic rings. The van der Waals surface area contributed by atoms with Crippen molar-refractivity contribution >= 4 is 19.1 Å². The van der Waals surface area contributed by atoms with Crippen LogP contribution in [0.1, 0.15) is 85.1 Å². The number of carbonyl (C=O) groups excluding carboxylic acids is 2. The quantitative estimate of drug-likeness (QED) is 0.207. The van der Waals surface area contributed by atoms with Gasteiger partial charge < -0.3 is 18.8 Å². The number of benzene rings is 1. The summed E-state index contributed by atoms with van der Waals surface area (Å²) >= 11 is 0. The molecule has 7 heteroatoms. The Morgan fingerprint density at radius 3 is 2.15 bits per heavy atom. The SMILES string of the molecule is CCOC(=O)CCCCC(CCC(=O)OCCCc1ccccc1)B1OC(C)(C)C(C)(C)O1. The van der Waals surface area contributed by atoms with Crippen molar-refractivity contribution in [1.29, 1.82) is 0 Å². The lowest BCUT2D eigenvalue weighted by molar-refractivity contribution is -0.144. The van der Waals surface area contributed by atoms with E-state index in [1.807, 2.05) is 52.8 Å². The second kappa shape index (κ2) is 13.1. The van der Waals surface area contributed by atoms with Crippen LogP contribution in [0.2, 0.25) is 5.82 Å². The van der Waals surface area contributed by atoms with Gasteiger partial charge in [-0.15, -0.1) is 0 Å². The fourth-order valence-corrected chi connectivity index (χ4v) is 3.89. The van der Waals surface area contributed by atoms with Crippen LogP contribution >= 0.6 is 0 Å². The molecule has 1 unspecified atom stereocenters. The van der Waals surface area contributed by atoms with Crippen molar-refractivity contribution in [2.75, 3.05) is 13.2 Å². The Bertz CT molecular complexity index is 718. The van der Waals surface area contributed by atoms with Crippen LogP contribution in [-0.4, -0.2) is 43.5 Å². The third-order valence-corrected chi connectivity index (χ3v) is 6.60. The molecule has 0 amide bonds. The van der Waals surface area contributed by atoms with E-state index >= 15 is 0 Å². The van der Waals surface area contributed by atoms with Crippen molar-refractivity contribution in [2.24, 2.45) is 0 Å². The summed E-state index contributed by atoms with van der Waals surface area (Å²) in [6.07, 6.45) is 5.49. The van der Waals surface area contributed by atoms with Gasteiger partial charge in [-0.25, -0.2) is 0 Å². The molecule has 1 saturated heterocycles. The number of hydrogen-bond acceptors (Lipinski definition) is 6. The molecule has 0 spiro atoms. The van der Waals surface area contributed by atoms with E-state index in [-0.39, 0.29) is 24.9 Å². The van der Waals surface area contributed by atoms with E-state index in [1.165, 1.54) is 5.56 Å². The van der Waals surface area contributed by atoms with E-state index in [1.54, 1.807) is 0 Å². The van der Waals surface area contributed by atoms with Crippen molar-refractivity contribution < 1.29 is 28.4 Å². The van der Waals surface area contributed by atoms with Gasteiger partial charge in [-0.3, -0.25) is 9.59 Å². The molecule has 0 saturated carbocycles. The third-order valence-electron chi connectivity index (χ3n) is 6.60. The lowest BCUT2D eigenvalue weighted by atomic mass is 9.67. The van der Waals surface area contributed by atoms with Gasteiger partial charge in [0, 0.05) is 12.8 Å². The van der Waals surface area contributed by atoms with Crippen molar-refractivity contribution in [1.82, 2.24) is 0 Å². The van der Waals surface area contributed by atoms with E-state index < -0.39 is 11.2 Å². The lowest BCUT2D eigenvalue weighted by Gasteiger charge is -2.32. The maximum Gasteiger partial charge on any atom is 0.461 e. The van der Waals surface area contributed by atoms with Crippen molar-refractivity contribution in [3.8, 4) is 0 Å². The Morgan fingerprint density at radius 1 is 0.879 bits per heavy atom. The first kappa shape index (κ1) is 27.4. The molecule has 1 aromatic carbocycles. The Kier molecular flexibility index (Phi) is 10.9. The normalized spacial score (nSPS) is 17.5. The Balaban J connectivity index is 1.80. The number of ether oxygens (including phenoxy) is 2. The molecule has 1 atom stereocenters. The molecule has 1 heterocycles. The molecule has 0 N–H and O–H groups in total. The summed E-state index contributed by atoms with van der Waals surface area (Å²) in [6.45, 7) is 10.8. The van der Waals surface area contributed by atoms with Crippen molar-refractivity contribution in [3.05, 3.63) is 35.9 Å². The second-order valence-electron chi connectivity index (χ2n) is 9.78. The molecule has 184 valence electrons. The molecule has 1 aromatic rings. The first-order valence-electron chi connectivity index (χ1n) is 12.4. The molecule has 0 bridgehead atoms. The van der Waals surface area contributed by atoms with Gasteiger partial charge in [0.15, 0.2) is 0 Å². The lowest BCUT2D eigenvalue weighted by Crippen LogP contribution is -2.41. The highest BCUT2D eigenvalue weighted by molar-refractivity contribution is 6.47. The van der Waals surface area contributed by atoms with Crippen LogP contribution in [0.5, 0.6) is 0 Å². The largest absolute Gasteiger partial charge is 0.466 e. The van der Waals surface area contributed by atoms with Crippen LogP contribution in [0.3, 0.4) is 0 Å². The number of carbonyl (C=O) groups is 2. The molecular formula is C26H41BO6. The minimum Gasteiger partial charge on any atom is -0.466 e. The Hall–Kier alpha value is -1.86. The number of hydrogen-bond donors (Lipinski definition) is 0. The third kappa shape index (κ3) is 9.13. The highest BCUT2D eigenvalue weighted by atomic mass is 16.7. The van der Waals surface area contributed by atoms with Gasteiger partial charge >= 0.3 is 19.1 Å². The molecule has 6 nitrogen and oxygen atoms in total. The van der Waals surface area contributed by atoms with Crippen LogP contribution in [0.15, 0.2) is 30.3 Å². The van der Waals surface area contributed by atoms with E-state index in [2.05, 4.69) is 12.1 Å². The molecule has 2 rings (SSSR count). The van der Waals surface area contributed by atoms with E-state index in [0.29, 0.717) is 32.5 Å². The summed E-state index contributed by atoms with van der Waals surface area (Å²) < 4.78 is 23.0. The molecule has 1 aliphatic heterocycles. The average molecular weight is 460 g/mol. The van der Waals surface area contributed by atoms with Crippen LogP contribution in [0.25, 0.3) is 0 Å². The zero-order valence-electron chi connectivity index (χ0n) is 21.1. The van der Waals surface area contributed by atoms with Gasteiger partial charge in [0.1, 0.15) is 0 Å². The predicted molar refractivity (Wildman–Crippen MR) is 130 cm³/mol. The number of aryl methyl sites for hydroxylation is 1. The molecular weight excluding hydrogens is 419 g/mol. The minimum absolute atomic E-state index is 0.0603. The summed E-state index contributed by atoms with van der Waals surface area (Å²) in [4.78, 5) is 24.0. The predicted octanol–water partition coefficient (Wildman–Crippen LogP) is 5.53. The first-order chi connectivity index (χ1) is 15.6. The first-order valence-corrected chi connectivity index (χ1v) is 12.4. The topological polar surface area (TPSA) is 71.1 Å². The van der Waals surface area contributed by atoms with E-state index in [0.717, 1.165) is 32.1 Å². The molecule has 0 radical (unpaired) electrons. The van der Waals surface area contributed by atoms with Gasteiger partial charge in [0.25, 0.3) is 0 Å². The fraction of sp³-hybridized carbons (Fsp3) is 0.692. The molecule has 1 fully saturated rings. The van der Waals surface area contributed by atoms with Crippen LogP contribution < -0.4 is 0 Å². The van der Waals surface area contributed by atoms with Crippen molar-refractivity contribution in [3.63, 3.8) is 0 Å². The summed E-state index contributed by atoms with van der Waals surface area (Å²) in [5.74, 6) is -0.287. The van der Waals surface area contributed by atoms with Crippen molar-refractivity contribution in [2.45, 2.75) is 103 Å². The average Bonchev–Trinajstić information content (AvgIpc) is 2.98. The summed E-state index contributed by atoms with van der Waals surface area (Å²) in [6, 6.07) is 10.2. The smallest absolute Gasteiger partial charge is 0.461 e. The fourth-order valence-electron chi connectivity index (χ4n) is 3.89. The van der Waals surface area contributed by atoms with E-state index in [4.69, 9.17) is 18.8 Å². The van der Waals surface area contributed by atoms with Gasteiger partial charge in [0.05, 0.1) is 24.4 Å². The standard InChI is InChI=1S/C26H41BO6/c1-6-30-23(28)17-11-10-16-22(27-32-25(2,3)26(4,5)33-27)18-19-24(29)31-20-12-15-21-13-8-7-9-14-21/h7-9,13-14,22H,6,10-12,15-20H2,1-5H3. The van der Waals surface area contributed by atoms with Gasteiger partial charge in [-0.2, -0.15) is 0 Å². The Morgan fingerprint density at radius 2 is 1.52 bits per heavy atom. The van der Waals surface area contributed by atoms with Crippen LogP contribution in [0.4, 0.5) is 0 Å². The summed E-state index contributed by atoms with van der Waals surface area (Å²) in [5, 5.41) is 0. The minimum atomic E-state index is -0.418. The number of esters is 2. The molecule has 0 aliphatic carbocycles. The maximum atomic E-state index is 12.4. The zero-order chi connectivity index (χ0) is 24.3. The summed E-state index contributed by atoms with van der Waals surface area (Å²) in [7, 11) is -0.372. The highest BCUT2D eigenvalue weighted by Crippen LogP contribution is 2.42. The van der Waals surface area contributed by atoms with Gasteiger partial charge in [-0.1, -0.05) is 43.2 Å². The number of rotatable bonds is 14. The van der Waals surface area contributed by atoms with Crippen LogP contribution in [0, 0.1) is 0 Å². The van der Waals surface area contributed by atoms with Gasteiger partial charge in [0.2, 0.25) is 0 Å². The molecule has 0 aromatic heterocycles. The van der Waals surface area contributed by atoms with E-state index in [9.17, 15) is 9.59 Å². The number of unbranched alkanes of at least 4 members (excludes halogenated alkanes) is 1. The monoisotopic (exact) mass is 460 g/mol. The van der Waals surface area contributed by atoms with Crippen LogP contribution in [-0.2, 0) is 34.8 Å². The van der Waals surface area contributed by atoms with Gasteiger partial charge in [-0.05, 0) is 71.7 Å². The zero-order valence-corrected chi connectivity index (χ0v) is 21.1. The maximum absolute atomic E-state index is 12.4. The second-order valence-corrected chi connectivity index (χ2v) is 9.78. The molecule has 33 heavy (non-hydrogen) atoms.